The molecular weight excluding hydrogens is 393 g/mol. The first-order chi connectivity index (χ1) is 13.7. The average molecular weight is 416 g/mol. The number of nitrogens with zero attached hydrogens (tertiary/aromatic N) is 4. The number of fused-ring (bicyclic) bond motifs is 1. The van der Waals surface area contributed by atoms with Gasteiger partial charge in [0.2, 0.25) is 0 Å². The van der Waals surface area contributed by atoms with Crippen LogP contribution in [0.4, 0.5) is 0 Å². The van der Waals surface area contributed by atoms with Crippen molar-refractivity contribution in [3.63, 3.8) is 0 Å². The Balaban J connectivity index is 1.28. The lowest BCUT2D eigenvalue weighted by molar-refractivity contribution is 0.183. The molecular formula is C21H23Cl2N5. The van der Waals surface area contributed by atoms with Crippen molar-refractivity contribution in [3.8, 4) is 0 Å². The van der Waals surface area contributed by atoms with Crippen molar-refractivity contribution in [2.45, 2.75) is 50.5 Å². The molecule has 7 heteroatoms. The lowest BCUT2D eigenvalue weighted by Gasteiger charge is -2.35. The second-order valence-corrected chi connectivity index (χ2v) is 8.69. The highest BCUT2D eigenvalue weighted by atomic mass is 35.5. The van der Waals surface area contributed by atoms with Gasteiger partial charge in [0, 0.05) is 29.7 Å². The number of hydrogen-bond donors (Lipinski definition) is 1. The van der Waals surface area contributed by atoms with E-state index < -0.39 is 0 Å². The van der Waals surface area contributed by atoms with Crippen LogP contribution < -0.4 is 5.32 Å². The predicted molar refractivity (Wildman–Crippen MR) is 113 cm³/mol. The number of hydrogen-bond acceptors (Lipinski definition) is 5. The molecule has 1 N–H and O–H groups in total. The SMILES string of the molecule is ClC1=CC2=C(CC1)CN1C=NN([C@H]3CC[C@H](c4cccnc4Cl)CC3)C1=CN2. The Morgan fingerprint density at radius 1 is 1.11 bits per heavy atom. The molecule has 146 valence electrons. The summed E-state index contributed by atoms with van der Waals surface area (Å²) in [4.78, 5) is 6.49. The summed E-state index contributed by atoms with van der Waals surface area (Å²) in [6.45, 7) is 0.871. The summed E-state index contributed by atoms with van der Waals surface area (Å²) in [5.41, 5.74) is 3.71. The van der Waals surface area contributed by atoms with Crippen molar-refractivity contribution in [2.75, 3.05) is 6.54 Å². The van der Waals surface area contributed by atoms with Crippen LogP contribution in [0.2, 0.25) is 5.15 Å². The zero-order valence-corrected chi connectivity index (χ0v) is 17.1. The number of rotatable bonds is 2. The molecule has 1 saturated carbocycles. The fourth-order valence-electron chi connectivity index (χ4n) is 4.65. The minimum absolute atomic E-state index is 0.412. The van der Waals surface area contributed by atoms with E-state index in [4.69, 9.17) is 28.3 Å². The first-order valence-corrected chi connectivity index (χ1v) is 10.7. The fraction of sp³-hybridized carbons (Fsp3) is 0.429. The molecule has 5 nitrogen and oxygen atoms in total. The summed E-state index contributed by atoms with van der Waals surface area (Å²) in [6.07, 6.45) is 14.2. The van der Waals surface area contributed by atoms with Crippen LogP contribution in [0.5, 0.6) is 0 Å². The molecule has 2 aliphatic heterocycles. The number of nitrogens with one attached hydrogen (secondary N) is 1. The van der Waals surface area contributed by atoms with Crippen LogP contribution in [0.3, 0.4) is 0 Å². The van der Waals surface area contributed by atoms with Crippen LogP contribution in [0.1, 0.15) is 50.0 Å². The monoisotopic (exact) mass is 415 g/mol. The normalized spacial score (nSPS) is 26.9. The van der Waals surface area contributed by atoms with Gasteiger partial charge in [-0.25, -0.2) is 9.99 Å². The summed E-state index contributed by atoms with van der Waals surface area (Å²) < 4.78 is 0. The Hall–Kier alpha value is -1.98. The zero-order chi connectivity index (χ0) is 19.1. The number of pyridine rings is 1. The zero-order valence-electron chi connectivity index (χ0n) is 15.6. The lowest BCUT2D eigenvalue weighted by atomic mass is 9.82. The maximum Gasteiger partial charge on any atom is 0.147 e. The quantitative estimate of drug-likeness (QED) is 0.697. The van der Waals surface area contributed by atoms with E-state index in [9.17, 15) is 0 Å². The van der Waals surface area contributed by atoms with Gasteiger partial charge in [-0.1, -0.05) is 29.3 Å². The minimum Gasteiger partial charge on any atom is -0.358 e. The van der Waals surface area contributed by atoms with Crippen molar-refractivity contribution in [2.24, 2.45) is 5.10 Å². The van der Waals surface area contributed by atoms with Crippen molar-refractivity contribution >= 4 is 29.5 Å². The standard InChI is InChI=1S/C21H23Cl2N5/c22-16-6-3-15-12-27-13-26-28(20(27)11-25-19(15)10-16)17-7-4-14(5-8-17)18-2-1-9-24-21(18)23/h1-2,9-11,13-14,17,25H,3-8,12H2/t14-,17-. The van der Waals surface area contributed by atoms with E-state index >= 15 is 0 Å². The highest BCUT2D eigenvalue weighted by Crippen LogP contribution is 2.39. The topological polar surface area (TPSA) is 43.8 Å². The van der Waals surface area contributed by atoms with Gasteiger partial charge in [0.05, 0.1) is 6.04 Å². The van der Waals surface area contributed by atoms with E-state index in [1.54, 1.807) is 6.20 Å². The molecule has 0 aromatic carbocycles. The van der Waals surface area contributed by atoms with E-state index in [0.29, 0.717) is 17.1 Å². The van der Waals surface area contributed by atoms with Crippen molar-refractivity contribution in [1.82, 2.24) is 20.2 Å². The van der Waals surface area contributed by atoms with E-state index in [2.05, 4.69) is 38.6 Å². The van der Waals surface area contributed by atoms with Gasteiger partial charge in [0.15, 0.2) is 0 Å². The molecule has 0 atom stereocenters. The van der Waals surface area contributed by atoms with Gasteiger partial charge >= 0.3 is 0 Å². The van der Waals surface area contributed by atoms with E-state index in [1.807, 2.05) is 12.4 Å². The lowest BCUT2D eigenvalue weighted by Crippen LogP contribution is -2.35. The molecule has 0 saturated heterocycles. The molecule has 4 aliphatic rings. The first kappa shape index (κ1) is 18.1. The summed E-state index contributed by atoms with van der Waals surface area (Å²) in [6, 6.07) is 4.51. The highest BCUT2D eigenvalue weighted by Gasteiger charge is 2.34. The first-order valence-electron chi connectivity index (χ1n) is 9.94. The van der Waals surface area contributed by atoms with Crippen LogP contribution in [0, 0.1) is 0 Å². The van der Waals surface area contributed by atoms with Gasteiger partial charge in [-0.05, 0) is 67.7 Å². The molecule has 0 unspecified atom stereocenters. The molecule has 3 heterocycles. The van der Waals surface area contributed by atoms with Gasteiger partial charge in [-0.3, -0.25) is 0 Å². The van der Waals surface area contributed by atoms with Crippen LogP contribution in [0.15, 0.2) is 57.8 Å². The van der Waals surface area contributed by atoms with Gasteiger partial charge in [0.25, 0.3) is 0 Å². The Labute approximate surface area is 175 Å². The van der Waals surface area contributed by atoms with Crippen LogP contribution in [0.25, 0.3) is 0 Å². The van der Waals surface area contributed by atoms with Gasteiger partial charge in [-0.15, -0.1) is 0 Å². The van der Waals surface area contributed by atoms with E-state index in [0.717, 1.165) is 61.6 Å². The predicted octanol–water partition coefficient (Wildman–Crippen LogP) is 4.89. The molecule has 0 spiro atoms. The van der Waals surface area contributed by atoms with Crippen LogP contribution in [-0.4, -0.2) is 33.8 Å². The van der Waals surface area contributed by atoms with E-state index in [-0.39, 0.29) is 0 Å². The maximum atomic E-state index is 6.31. The third-order valence-corrected chi connectivity index (χ3v) is 6.79. The Kier molecular flexibility index (Phi) is 4.81. The molecule has 28 heavy (non-hydrogen) atoms. The largest absolute Gasteiger partial charge is 0.358 e. The number of aromatic nitrogens is 1. The Bertz CT molecular complexity index is 896. The van der Waals surface area contributed by atoms with Crippen molar-refractivity contribution < 1.29 is 0 Å². The number of hydrazone groups is 1. The summed E-state index contributed by atoms with van der Waals surface area (Å²) in [5.74, 6) is 1.62. The van der Waals surface area contributed by atoms with E-state index in [1.165, 1.54) is 11.1 Å². The molecule has 1 fully saturated rings. The minimum atomic E-state index is 0.412. The summed E-state index contributed by atoms with van der Waals surface area (Å²) in [7, 11) is 0. The second-order valence-electron chi connectivity index (χ2n) is 7.85. The molecule has 0 amide bonds. The molecule has 5 rings (SSSR count). The number of allylic oxidation sites excluding steroid dienone is 2. The smallest absolute Gasteiger partial charge is 0.147 e. The highest BCUT2D eigenvalue weighted by molar-refractivity contribution is 6.30. The summed E-state index contributed by atoms with van der Waals surface area (Å²) >= 11 is 12.6. The van der Waals surface area contributed by atoms with Crippen LogP contribution in [-0.2, 0) is 0 Å². The van der Waals surface area contributed by atoms with Gasteiger partial charge in [-0.2, -0.15) is 5.10 Å². The van der Waals surface area contributed by atoms with Gasteiger partial charge in [0.1, 0.15) is 17.3 Å². The average Bonchev–Trinajstić information content (AvgIpc) is 3.02. The molecule has 0 bridgehead atoms. The second kappa shape index (κ2) is 7.45. The molecule has 2 aliphatic carbocycles. The fourth-order valence-corrected chi connectivity index (χ4v) is 5.12. The third-order valence-electron chi connectivity index (χ3n) is 6.18. The molecule has 1 aromatic heterocycles. The maximum absolute atomic E-state index is 6.31. The molecule has 0 radical (unpaired) electrons. The van der Waals surface area contributed by atoms with Gasteiger partial charge < -0.3 is 10.2 Å². The Morgan fingerprint density at radius 3 is 2.79 bits per heavy atom. The Morgan fingerprint density at radius 2 is 1.96 bits per heavy atom. The number of halogens is 2. The third kappa shape index (κ3) is 3.31. The van der Waals surface area contributed by atoms with Crippen molar-refractivity contribution in [3.05, 3.63) is 63.4 Å². The summed E-state index contributed by atoms with van der Waals surface area (Å²) in [5, 5.41) is 12.0. The molecule has 1 aromatic rings. The van der Waals surface area contributed by atoms with Crippen LogP contribution >= 0.6 is 23.2 Å². The van der Waals surface area contributed by atoms with Crippen molar-refractivity contribution in [1.29, 1.82) is 0 Å².